The van der Waals surface area contributed by atoms with Crippen LogP contribution < -0.4 is 5.73 Å². The molecule has 1 heterocycles. The zero-order chi connectivity index (χ0) is 11.2. The van der Waals surface area contributed by atoms with Gasteiger partial charge in [-0.15, -0.1) is 11.8 Å². The highest BCUT2D eigenvalue weighted by Crippen LogP contribution is 2.24. The first kappa shape index (κ1) is 11.8. The van der Waals surface area contributed by atoms with Crippen molar-refractivity contribution < 1.29 is 0 Å². The maximum atomic E-state index is 5.89. The third-order valence-electron chi connectivity index (χ3n) is 2.99. The summed E-state index contributed by atoms with van der Waals surface area (Å²) in [5.74, 6) is 1.17. The molecule has 0 spiro atoms. The second-order valence-electron chi connectivity index (χ2n) is 4.29. The van der Waals surface area contributed by atoms with E-state index in [1.165, 1.54) is 49.5 Å². The topological polar surface area (TPSA) is 29.3 Å². The molecule has 2 nitrogen and oxygen atoms in total. The molecule has 0 saturated carbocycles. The van der Waals surface area contributed by atoms with E-state index in [-0.39, 0.29) is 0 Å². The van der Waals surface area contributed by atoms with Crippen molar-refractivity contribution in [2.75, 3.05) is 31.1 Å². The van der Waals surface area contributed by atoms with Crippen molar-refractivity contribution in [3.05, 3.63) is 24.3 Å². The van der Waals surface area contributed by atoms with Gasteiger partial charge in [0, 0.05) is 10.6 Å². The van der Waals surface area contributed by atoms with Gasteiger partial charge in [-0.3, -0.25) is 0 Å². The molecular formula is C13H20N2S. The lowest BCUT2D eigenvalue weighted by molar-refractivity contribution is 0.341. The minimum Gasteiger partial charge on any atom is -0.398 e. The van der Waals surface area contributed by atoms with Crippen molar-refractivity contribution in [3.8, 4) is 0 Å². The smallest absolute Gasteiger partial charge is 0.0452 e. The number of hydrogen-bond donors (Lipinski definition) is 1. The zero-order valence-corrected chi connectivity index (χ0v) is 10.5. The Balaban J connectivity index is 1.66. The van der Waals surface area contributed by atoms with E-state index in [0.29, 0.717) is 0 Å². The van der Waals surface area contributed by atoms with E-state index in [9.17, 15) is 0 Å². The Bertz CT molecular complexity index is 321. The summed E-state index contributed by atoms with van der Waals surface area (Å²) in [4.78, 5) is 3.79. The number of likely N-dealkylation sites (tertiary alicyclic amines) is 1. The van der Waals surface area contributed by atoms with Crippen molar-refractivity contribution in [2.24, 2.45) is 0 Å². The molecule has 2 rings (SSSR count). The highest BCUT2D eigenvalue weighted by atomic mass is 32.2. The van der Waals surface area contributed by atoms with Gasteiger partial charge in [-0.25, -0.2) is 0 Å². The molecule has 0 atom stereocenters. The van der Waals surface area contributed by atoms with Crippen LogP contribution in [0.4, 0.5) is 5.69 Å². The number of anilines is 1. The van der Waals surface area contributed by atoms with Crippen molar-refractivity contribution >= 4 is 17.4 Å². The second-order valence-corrected chi connectivity index (χ2v) is 5.43. The van der Waals surface area contributed by atoms with E-state index >= 15 is 0 Å². The Labute approximate surface area is 102 Å². The molecule has 0 aliphatic carbocycles. The van der Waals surface area contributed by atoms with E-state index in [1.807, 2.05) is 23.9 Å². The van der Waals surface area contributed by atoms with Gasteiger partial charge in [0.05, 0.1) is 0 Å². The highest BCUT2D eigenvalue weighted by molar-refractivity contribution is 7.99. The van der Waals surface area contributed by atoms with Crippen LogP contribution in [0.3, 0.4) is 0 Å². The molecule has 3 heteroatoms. The molecular weight excluding hydrogens is 216 g/mol. The number of thioether (sulfide) groups is 1. The van der Waals surface area contributed by atoms with Gasteiger partial charge in [-0.2, -0.15) is 0 Å². The molecule has 1 aliphatic rings. The van der Waals surface area contributed by atoms with Gasteiger partial charge >= 0.3 is 0 Å². The summed E-state index contributed by atoms with van der Waals surface area (Å²) >= 11 is 1.88. The minimum atomic E-state index is 0.911. The maximum Gasteiger partial charge on any atom is 0.0452 e. The van der Waals surface area contributed by atoms with Gasteiger partial charge < -0.3 is 10.6 Å². The molecule has 0 unspecified atom stereocenters. The number of nitrogen functional groups attached to an aromatic ring is 1. The number of nitrogens with two attached hydrogens (primary N) is 1. The molecule has 1 aliphatic heterocycles. The van der Waals surface area contributed by atoms with Crippen molar-refractivity contribution in [3.63, 3.8) is 0 Å². The van der Waals surface area contributed by atoms with Crippen LogP contribution in [0, 0.1) is 0 Å². The maximum absolute atomic E-state index is 5.89. The Morgan fingerprint density at radius 1 is 1.19 bits per heavy atom. The molecule has 1 aromatic carbocycles. The fourth-order valence-electron chi connectivity index (χ4n) is 2.09. The summed E-state index contributed by atoms with van der Waals surface area (Å²) in [6, 6.07) is 8.13. The lowest BCUT2D eigenvalue weighted by Crippen LogP contribution is -2.20. The highest BCUT2D eigenvalue weighted by Gasteiger charge is 2.10. The van der Waals surface area contributed by atoms with Gasteiger partial charge in [-0.05, 0) is 56.8 Å². The summed E-state index contributed by atoms with van der Waals surface area (Å²) in [7, 11) is 0. The molecule has 1 saturated heterocycles. The lowest BCUT2D eigenvalue weighted by Gasteiger charge is -2.13. The van der Waals surface area contributed by atoms with Crippen molar-refractivity contribution in [1.82, 2.24) is 4.90 Å². The quantitative estimate of drug-likeness (QED) is 0.484. The van der Waals surface area contributed by atoms with Crippen LogP contribution in [-0.2, 0) is 0 Å². The van der Waals surface area contributed by atoms with Gasteiger partial charge in [0.15, 0.2) is 0 Å². The Kier molecular flexibility index (Phi) is 4.55. The van der Waals surface area contributed by atoms with Gasteiger partial charge in [0.2, 0.25) is 0 Å². The Hall–Kier alpha value is -0.670. The normalized spacial score (nSPS) is 16.8. The molecule has 2 N–H and O–H groups in total. The van der Waals surface area contributed by atoms with Gasteiger partial charge in [-0.1, -0.05) is 12.1 Å². The average Bonchev–Trinajstić information content (AvgIpc) is 2.79. The van der Waals surface area contributed by atoms with Gasteiger partial charge in [0.25, 0.3) is 0 Å². The standard InChI is InChI=1S/C13H20N2S/c14-12-6-1-2-7-13(12)16-11-5-10-15-8-3-4-9-15/h1-2,6-7H,3-5,8-11,14H2. The summed E-state index contributed by atoms with van der Waals surface area (Å²) in [5, 5.41) is 0. The molecule has 1 fully saturated rings. The largest absolute Gasteiger partial charge is 0.398 e. The molecule has 88 valence electrons. The predicted molar refractivity (Wildman–Crippen MR) is 71.9 cm³/mol. The minimum absolute atomic E-state index is 0.911. The lowest BCUT2D eigenvalue weighted by atomic mass is 10.3. The number of para-hydroxylation sites is 1. The molecule has 0 radical (unpaired) electrons. The zero-order valence-electron chi connectivity index (χ0n) is 9.69. The predicted octanol–water partition coefficient (Wildman–Crippen LogP) is 2.85. The number of rotatable bonds is 5. The number of benzene rings is 1. The first-order valence-corrected chi connectivity index (χ1v) is 7.04. The molecule has 0 aromatic heterocycles. The van der Waals surface area contributed by atoms with Gasteiger partial charge in [0.1, 0.15) is 0 Å². The van der Waals surface area contributed by atoms with Crippen LogP contribution in [0.5, 0.6) is 0 Å². The molecule has 1 aromatic rings. The van der Waals surface area contributed by atoms with Crippen molar-refractivity contribution in [2.45, 2.75) is 24.2 Å². The number of hydrogen-bond acceptors (Lipinski definition) is 3. The van der Waals surface area contributed by atoms with Crippen LogP contribution >= 0.6 is 11.8 Å². The van der Waals surface area contributed by atoms with Crippen LogP contribution in [-0.4, -0.2) is 30.3 Å². The fourth-order valence-corrected chi connectivity index (χ4v) is 2.99. The molecule has 0 amide bonds. The van der Waals surface area contributed by atoms with E-state index in [2.05, 4.69) is 17.0 Å². The second kappa shape index (κ2) is 6.16. The van der Waals surface area contributed by atoms with Crippen LogP contribution in [0.1, 0.15) is 19.3 Å². The summed E-state index contributed by atoms with van der Waals surface area (Å²) in [6.45, 7) is 3.86. The Morgan fingerprint density at radius 2 is 1.94 bits per heavy atom. The Morgan fingerprint density at radius 3 is 2.69 bits per heavy atom. The average molecular weight is 236 g/mol. The first-order chi connectivity index (χ1) is 7.86. The van der Waals surface area contributed by atoms with Crippen molar-refractivity contribution in [1.29, 1.82) is 0 Å². The third-order valence-corrected chi connectivity index (χ3v) is 4.17. The third kappa shape index (κ3) is 3.42. The summed E-state index contributed by atoms with van der Waals surface area (Å²) in [6.07, 6.45) is 4.04. The fraction of sp³-hybridized carbons (Fsp3) is 0.538. The van der Waals surface area contributed by atoms with E-state index in [4.69, 9.17) is 5.73 Å². The summed E-state index contributed by atoms with van der Waals surface area (Å²) in [5.41, 5.74) is 6.80. The van der Waals surface area contributed by atoms with E-state index in [1.54, 1.807) is 0 Å². The van der Waals surface area contributed by atoms with Crippen LogP contribution in [0.2, 0.25) is 0 Å². The SMILES string of the molecule is Nc1ccccc1SCCCN1CCCC1. The molecule has 16 heavy (non-hydrogen) atoms. The van der Waals surface area contributed by atoms with Crippen LogP contribution in [0.15, 0.2) is 29.2 Å². The van der Waals surface area contributed by atoms with E-state index < -0.39 is 0 Å². The monoisotopic (exact) mass is 236 g/mol. The summed E-state index contributed by atoms with van der Waals surface area (Å²) < 4.78 is 0. The van der Waals surface area contributed by atoms with Crippen LogP contribution in [0.25, 0.3) is 0 Å². The molecule has 0 bridgehead atoms. The van der Waals surface area contributed by atoms with E-state index in [0.717, 1.165) is 5.69 Å². The number of nitrogens with zero attached hydrogens (tertiary/aromatic N) is 1. The first-order valence-electron chi connectivity index (χ1n) is 6.06.